The number of H-pyrrole nitrogens is 1. The number of piperidine rings is 1. The topological polar surface area (TPSA) is 86.4 Å². The Morgan fingerprint density at radius 1 is 1.23 bits per heavy atom. The van der Waals surface area contributed by atoms with Crippen LogP contribution >= 0.6 is 0 Å². The predicted octanol–water partition coefficient (Wildman–Crippen LogP) is 2.28. The fourth-order valence-electron chi connectivity index (χ4n) is 4.50. The zero-order valence-corrected chi connectivity index (χ0v) is 17.6. The Bertz CT molecular complexity index is 1030. The Labute approximate surface area is 176 Å². The second-order valence-corrected chi connectivity index (χ2v) is 8.33. The number of amides is 2. The molecule has 4 rings (SSSR count). The molecule has 0 spiro atoms. The third-order valence-corrected chi connectivity index (χ3v) is 6.11. The molecule has 1 N–H and O–H groups in total. The zero-order valence-electron chi connectivity index (χ0n) is 17.6. The molecule has 1 aromatic carbocycles. The molecule has 30 heavy (non-hydrogen) atoms. The molecule has 0 aliphatic carbocycles. The van der Waals surface area contributed by atoms with Crippen LogP contribution in [0.4, 0.5) is 0 Å². The van der Waals surface area contributed by atoms with Crippen molar-refractivity contribution in [2.45, 2.75) is 58.5 Å². The molecule has 1 fully saturated rings. The Morgan fingerprint density at radius 3 is 2.83 bits per heavy atom. The number of nitrogens with one attached hydrogen (secondary N) is 1. The number of rotatable bonds is 3. The Morgan fingerprint density at radius 2 is 2.07 bits per heavy atom. The van der Waals surface area contributed by atoms with Gasteiger partial charge in [-0.05, 0) is 38.2 Å². The molecule has 1 aromatic heterocycles. The van der Waals surface area contributed by atoms with Gasteiger partial charge in [-0.25, -0.2) is 4.98 Å². The summed E-state index contributed by atoms with van der Waals surface area (Å²) in [6.45, 7) is 5.11. The number of benzene rings is 1. The molecule has 7 nitrogen and oxygen atoms in total. The second-order valence-electron chi connectivity index (χ2n) is 8.33. The van der Waals surface area contributed by atoms with Gasteiger partial charge < -0.3 is 14.8 Å². The first kappa shape index (κ1) is 20.3. The predicted molar refractivity (Wildman–Crippen MR) is 113 cm³/mol. The highest BCUT2D eigenvalue weighted by Crippen LogP contribution is 2.30. The Kier molecular flexibility index (Phi) is 5.70. The SMILES string of the molecule is CC(=O)N1CCc2c(nc([C@@H]3CCCCN3C(=O)Cc3cccc(C)c3)[nH]c2=O)C1. The lowest BCUT2D eigenvalue weighted by Gasteiger charge is -2.36. The highest BCUT2D eigenvalue weighted by Gasteiger charge is 2.31. The van der Waals surface area contributed by atoms with Crippen molar-refractivity contribution >= 4 is 11.8 Å². The summed E-state index contributed by atoms with van der Waals surface area (Å²) in [5.41, 5.74) is 3.30. The summed E-state index contributed by atoms with van der Waals surface area (Å²) in [5, 5.41) is 0. The van der Waals surface area contributed by atoms with E-state index in [1.54, 1.807) is 4.90 Å². The van der Waals surface area contributed by atoms with Gasteiger partial charge in [-0.3, -0.25) is 14.4 Å². The summed E-state index contributed by atoms with van der Waals surface area (Å²) in [4.78, 5) is 48.9. The van der Waals surface area contributed by atoms with Gasteiger partial charge in [-0.15, -0.1) is 0 Å². The van der Waals surface area contributed by atoms with Gasteiger partial charge in [0.15, 0.2) is 0 Å². The molecule has 0 bridgehead atoms. The maximum Gasteiger partial charge on any atom is 0.254 e. The monoisotopic (exact) mass is 408 g/mol. The third-order valence-electron chi connectivity index (χ3n) is 6.11. The number of nitrogens with zero attached hydrogens (tertiary/aromatic N) is 3. The molecule has 2 aliphatic rings. The molecule has 158 valence electrons. The molecule has 2 aromatic rings. The van der Waals surface area contributed by atoms with Crippen LogP contribution in [-0.2, 0) is 29.0 Å². The number of carbonyl (C=O) groups is 2. The molecule has 0 radical (unpaired) electrons. The summed E-state index contributed by atoms with van der Waals surface area (Å²) in [5.74, 6) is 0.578. The van der Waals surface area contributed by atoms with Crippen molar-refractivity contribution in [3.8, 4) is 0 Å². The standard InChI is InChI=1S/C23H28N4O3/c1-15-6-5-7-17(12-15)13-21(29)27-10-4-3-8-20(27)22-24-19-14-26(16(2)28)11-9-18(19)23(30)25-22/h5-7,12,20H,3-4,8-11,13-14H2,1-2H3,(H,24,25,30)/t20-/m0/s1. The summed E-state index contributed by atoms with van der Waals surface area (Å²) in [6, 6.07) is 7.76. The fraction of sp³-hybridized carbons (Fsp3) is 0.478. The highest BCUT2D eigenvalue weighted by molar-refractivity contribution is 5.79. The van der Waals surface area contributed by atoms with Crippen molar-refractivity contribution in [1.29, 1.82) is 0 Å². The van der Waals surface area contributed by atoms with E-state index in [9.17, 15) is 14.4 Å². The van der Waals surface area contributed by atoms with Gasteiger partial charge in [0.2, 0.25) is 11.8 Å². The van der Waals surface area contributed by atoms with Gasteiger partial charge in [-0.1, -0.05) is 29.8 Å². The number of carbonyl (C=O) groups excluding carboxylic acids is 2. The molecule has 1 atom stereocenters. The largest absolute Gasteiger partial charge is 0.337 e. The first-order valence-corrected chi connectivity index (χ1v) is 10.6. The van der Waals surface area contributed by atoms with Crippen LogP contribution in [0.2, 0.25) is 0 Å². The minimum atomic E-state index is -0.234. The maximum atomic E-state index is 13.1. The highest BCUT2D eigenvalue weighted by atomic mass is 16.2. The van der Waals surface area contributed by atoms with Gasteiger partial charge in [0.1, 0.15) is 5.82 Å². The molecule has 7 heteroatoms. The Hall–Kier alpha value is -2.96. The van der Waals surface area contributed by atoms with Crippen LogP contribution in [-0.4, -0.2) is 44.7 Å². The van der Waals surface area contributed by atoms with Crippen LogP contribution in [0.1, 0.15) is 60.4 Å². The number of aromatic amines is 1. The lowest BCUT2D eigenvalue weighted by Crippen LogP contribution is -2.42. The number of aromatic nitrogens is 2. The van der Waals surface area contributed by atoms with Crippen molar-refractivity contribution in [2.75, 3.05) is 13.1 Å². The van der Waals surface area contributed by atoms with Crippen LogP contribution < -0.4 is 5.56 Å². The van der Waals surface area contributed by atoms with Gasteiger partial charge in [0.25, 0.3) is 5.56 Å². The van der Waals surface area contributed by atoms with E-state index in [4.69, 9.17) is 4.98 Å². The average molecular weight is 409 g/mol. The fourth-order valence-corrected chi connectivity index (χ4v) is 4.50. The number of fused-ring (bicyclic) bond motifs is 1. The van der Waals surface area contributed by atoms with E-state index in [1.165, 1.54) is 6.92 Å². The molecule has 1 saturated heterocycles. The zero-order chi connectivity index (χ0) is 21.3. The van der Waals surface area contributed by atoms with E-state index in [1.807, 2.05) is 36.1 Å². The smallest absolute Gasteiger partial charge is 0.254 e. The maximum absolute atomic E-state index is 13.1. The minimum Gasteiger partial charge on any atom is -0.337 e. The van der Waals surface area contributed by atoms with Gasteiger partial charge >= 0.3 is 0 Å². The van der Waals surface area contributed by atoms with Crippen LogP contribution in [0, 0.1) is 6.92 Å². The van der Waals surface area contributed by atoms with Crippen LogP contribution in [0.15, 0.2) is 29.1 Å². The molecular formula is C23H28N4O3. The number of aryl methyl sites for hydroxylation is 1. The van der Waals surface area contributed by atoms with E-state index in [-0.39, 0.29) is 23.4 Å². The first-order valence-electron chi connectivity index (χ1n) is 10.6. The van der Waals surface area contributed by atoms with E-state index < -0.39 is 0 Å². The normalized spacial score (nSPS) is 18.8. The molecule has 0 unspecified atom stereocenters. The number of likely N-dealkylation sites (tertiary alicyclic amines) is 1. The van der Waals surface area contributed by atoms with Crippen LogP contribution in [0.5, 0.6) is 0 Å². The van der Waals surface area contributed by atoms with Crippen LogP contribution in [0.25, 0.3) is 0 Å². The quantitative estimate of drug-likeness (QED) is 0.844. The number of hydrogen-bond acceptors (Lipinski definition) is 4. The summed E-state index contributed by atoms with van der Waals surface area (Å²) in [6.07, 6.45) is 3.56. The second kappa shape index (κ2) is 8.42. The lowest BCUT2D eigenvalue weighted by atomic mass is 9.99. The van der Waals surface area contributed by atoms with Gasteiger partial charge in [-0.2, -0.15) is 0 Å². The van der Waals surface area contributed by atoms with Crippen molar-refractivity contribution < 1.29 is 9.59 Å². The van der Waals surface area contributed by atoms with Crippen molar-refractivity contribution in [3.05, 3.63) is 62.8 Å². The average Bonchev–Trinajstić information content (AvgIpc) is 2.73. The molecular weight excluding hydrogens is 380 g/mol. The summed E-state index contributed by atoms with van der Waals surface area (Å²) >= 11 is 0. The van der Waals surface area contributed by atoms with E-state index in [0.29, 0.717) is 49.6 Å². The summed E-state index contributed by atoms with van der Waals surface area (Å²) < 4.78 is 0. The molecule has 0 saturated carbocycles. The van der Waals surface area contributed by atoms with Crippen molar-refractivity contribution in [3.63, 3.8) is 0 Å². The van der Waals surface area contributed by atoms with E-state index in [2.05, 4.69) is 4.98 Å². The lowest BCUT2D eigenvalue weighted by molar-refractivity contribution is -0.134. The van der Waals surface area contributed by atoms with Gasteiger partial charge in [0.05, 0.1) is 24.7 Å². The Balaban J connectivity index is 1.60. The molecule has 2 amide bonds. The molecule has 2 aliphatic heterocycles. The molecule has 3 heterocycles. The summed E-state index contributed by atoms with van der Waals surface area (Å²) in [7, 11) is 0. The van der Waals surface area contributed by atoms with Crippen LogP contribution in [0.3, 0.4) is 0 Å². The third kappa shape index (κ3) is 4.15. The first-order chi connectivity index (χ1) is 14.4. The van der Waals surface area contributed by atoms with E-state index in [0.717, 1.165) is 30.4 Å². The minimum absolute atomic E-state index is 0.0168. The van der Waals surface area contributed by atoms with Crippen molar-refractivity contribution in [1.82, 2.24) is 19.8 Å². The van der Waals surface area contributed by atoms with Crippen molar-refractivity contribution in [2.24, 2.45) is 0 Å². The van der Waals surface area contributed by atoms with E-state index >= 15 is 0 Å². The number of hydrogen-bond donors (Lipinski definition) is 1. The van der Waals surface area contributed by atoms with Gasteiger partial charge in [0, 0.05) is 25.6 Å².